The molecule has 0 bridgehead atoms. The van der Waals surface area contributed by atoms with Gasteiger partial charge in [-0.05, 0) is 31.5 Å². The molecule has 6 heteroatoms. The molecule has 0 saturated carbocycles. The lowest BCUT2D eigenvalue weighted by Crippen LogP contribution is -2.08. The fraction of sp³-hybridized carbons (Fsp3) is 0.267. The first-order valence-corrected chi connectivity index (χ1v) is 6.47. The van der Waals surface area contributed by atoms with Crippen LogP contribution in [0.2, 0.25) is 0 Å². The number of methoxy groups -OCH3 is 1. The number of rotatable bonds is 5. The Morgan fingerprint density at radius 2 is 2.19 bits per heavy atom. The second-order valence-electron chi connectivity index (χ2n) is 4.39. The number of hydrogen-bond donors (Lipinski definition) is 0. The molecule has 0 fully saturated rings. The van der Waals surface area contributed by atoms with Gasteiger partial charge >= 0.3 is 5.97 Å². The van der Waals surface area contributed by atoms with E-state index in [4.69, 9.17) is 9.47 Å². The van der Waals surface area contributed by atoms with Gasteiger partial charge in [0.15, 0.2) is 12.0 Å². The van der Waals surface area contributed by atoms with Crippen molar-refractivity contribution in [3.05, 3.63) is 41.2 Å². The van der Waals surface area contributed by atoms with Gasteiger partial charge in [0.2, 0.25) is 0 Å². The van der Waals surface area contributed by atoms with Crippen LogP contribution in [0.25, 0.3) is 5.69 Å². The predicted octanol–water partition coefficient (Wildman–Crippen LogP) is 2.18. The molecule has 6 nitrogen and oxygen atoms in total. The van der Waals surface area contributed by atoms with Gasteiger partial charge in [-0.15, -0.1) is 0 Å². The van der Waals surface area contributed by atoms with Gasteiger partial charge in [-0.3, -0.25) is 4.79 Å². The number of carbonyl (C=O) groups excluding carboxylic acids is 2. The molecular formula is C15H16N2O4. The average Bonchev–Trinajstić information content (AvgIpc) is 2.91. The summed E-state index contributed by atoms with van der Waals surface area (Å²) >= 11 is 0. The van der Waals surface area contributed by atoms with Crippen molar-refractivity contribution in [2.45, 2.75) is 13.8 Å². The molecular weight excluding hydrogens is 272 g/mol. The topological polar surface area (TPSA) is 70.4 Å². The number of aldehydes is 1. The van der Waals surface area contributed by atoms with Gasteiger partial charge in [0.25, 0.3) is 0 Å². The maximum atomic E-state index is 11.8. The lowest BCUT2D eigenvalue weighted by atomic mass is 10.2. The van der Waals surface area contributed by atoms with E-state index >= 15 is 0 Å². The first-order valence-electron chi connectivity index (χ1n) is 6.47. The van der Waals surface area contributed by atoms with Crippen molar-refractivity contribution >= 4 is 12.3 Å². The Hall–Kier alpha value is -2.63. The summed E-state index contributed by atoms with van der Waals surface area (Å²) in [6, 6.07) is 5.56. The van der Waals surface area contributed by atoms with Crippen LogP contribution in [0.4, 0.5) is 0 Å². The van der Waals surface area contributed by atoms with Crippen LogP contribution in [0.3, 0.4) is 0 Å². The third-order valence-electron chi connectivity index (χ3n) is 2.92. The first kappa shape index (κ1) is 14.8. The third kappa shape index (κ3) is 2.94. The van der Waals surface area contributed by atoms with Crippen molar-refractivity contribution in [2.75, 3.05) is 13.7 Å². The molecule has 0 N–H and O–H groups in total. The Morgan fingerprint density at radius 3 is 2.81 bits per heavy atom. The van der Waals surface area contributed by atoms with Crippen molar-refractivity contribution < 1.29 is 19.1 Å². The average molecular weight is 288 g/mol. The normalized spacial score (nSPS) is 10.2. The number of esters is 1. The summed E-state index contributed by atoms with van der Waals surface area (Å²) in [5.74, 6) is -0.0269. The van der Waals surface area contributed by atoms with Crippen molar-refractivity contribution in [3.63, 3.8) is 0 Å². The fourth-order valence-corrected chi connectivity index (χ4v) is 1.93. The van der Waals surface area contributed by atoms with E-state index in [1.54, 1.807) is 20.1 Å². The minimum Gasteiger partial charge on any atom is -0.494 e. The highest BCUT2D eigenvalue weighted by molar-refractivity contribution is 5.96. The molecule has 0 unspecified atom stereocenters. The van der Waals surface area contributed by atoms with E-state index in [9.17, 15) is 9.59 Å². The van der Waals surface area contributed by atoms with E-state index in [1.807, 2.05) is 19.1 Å². The molecule has 2 rings (SSSR count). The molecule has 0 spiro atoms. The third-order valence-corrected chi connectivity index (χ3v) is 2.92. The van der Waals surface area contributed by atoms with Crippen molar-refractivity contribution in [2.24, 2.45) is 0 Å². The molecule has 21 heavy (non-hydrogen) atoms. The molecule has 2 aromatic rings. The van der Waals surface area contributed by atoms with Crippen LogP contribution in [-0.2, 0) is 4.74 Å². The lowest BCUT2D eigenvalue weighted by molar-refractivity contribution is 0.0517. The number of aromatic nitrogens is 2. The van der Waals surface area contributed by atoms with Crippen LogP contribution in [-0.4, -0.2) is 35.8 Å². The zero-order valence-corrected chi connectivity index (χ0v) is 12.1. The molecule has 1 aromatic carbocycles. The maximum absolute atomic E-state index is 11.8. The molecule has 0 atom stereocenters. The fourth-order valence-electron chi connectivity index (χ4n) is 1.93. The van der Waals surface area contributed by atoms with E-state index in [1.165, 1.54) is 10.9 Å². The van der Waals surface area contributed by atoms with Gasteiger partial charge in [-0.1, -0.05) is 6.07 Å². The quantitative estimate of drug-likeness (QED) is 0.623. The van der Waals surface area contributed by atoms with Crippen LogP contribution in [0.1, 0.15) is 33.3 Å². The summed E-state index contributed by atoms with van der Waals surface area (Å²) in [6.07, 6.45) is 2.06. The van der Waals surface area contributed by atoms with Crippen molar-refractivity contribution in [1.82, 2.24) is 9.78 Å². The summed E-state index contributed by atoms with van der Waals surface area (Å²) in [7, 11) is 1.55. The molecule has 1 heterocycles. The summed E-state index contributed by atoms with van der Waals surface area (Å²) in [6.45, 7) is 3.84. The SMILES string of the molecule is CCOC(=O)c1nn(-c2cc(C)ccc2OC)cc1C=O. The number of aryl methyl sites for hydroxylation is 1. The van der Waals surface area contributed by atoms with Crippen LogP contribution >= 0.6 is 0 Å². The van der Waals surface area contributed by atoms with Crippen molar-refractivity contribution in [1.29, 1.82) is 0 Å². The first-order chi connectivity index (χ1) is 10.1. The minimum absolute atomic E-state index is 0.00425. The standard InChI is InChI=1S/C15H16N2O4/c1-4-21-15(19)14-11(9-18)8-17(16-14)12-7-10(2)5-6-13(12)20-3/h5-9H,4H2,1-3H3. The predicted molar refractivity (Wildman–Crippen MR) is 76.2 cm³/mol. The van der Waals surface area contributed by atoms with E-state index in [-0.39, 0.29) is 17.9 Å². The van der Waals surface area contributed by atoms with Gasteiger partial charge in [0.1, 0.15) is 11.4 Å². The molecule has 110 valence electrons. The van der Waals surface area contributed by atoms with Gasteiger partial charge in [0.05, 0.1) is 19.3 Å². The lowest BCUT2D eigenvalue weighted by Gasteiger charge is -2.09. The zero-order valence-electron chi connectivity index (χ0n) is 12.1. The summed E-state index contributed by atoms with van der Waals surface area (Å²) < 4.78 is 11.6. The van der Waals surface area contributed by atoms with Gasteiger partial charge < -0.3 is 9.47 Å². The highest BCUT2D eigenvalue weighted by Gasteiger charge is 2.19. The number of carbonyl (C=O) groups is 2. The van der Waals surface area contributed by atoms with Crippen molar-refractivity contribution in [3.8, 4) is 11.4 Å². The highest BCUT2D eigenvalue weighted by Crippen LogP contribution is 2.24. The second kappa shape index (κ2) is 6.21. The highest BCUT2D eigenvalue weighted by atomic mass is 16.5. The molecule has 0 aliphatic carbocycles. The molecule has 0 aliphatic rings. The van der Waals surface area contributed by atoms with Crippen LogP contribution < -0.4 is 4.74 Å². The molecule has 0 radical (unpaired) electrons. The summed E-state index contributed by atoms with van der Waals surface area (Å²) in [5.41, 5.74) is 1.83. The summed E-state index contributed by atoms with van der Waals surface area (Å²) in [4.78, 5) is 22.9. The maximum Gasteiger partial charge on any atom is 0.359 e. The van der Waals surface area contributed by atoms with E-state index in [2.05, 4.69) is 5.10 Å². The molecule has 1 aromatic heterocycles. The van der Waals surface area contributed by atoms with E-state index < -0.39 is 5.97 Å². The minimum atomic E-state index is -0.620. The monoisotopic (exact) mass is 288 g/mol. The number of benzene rings is 1. The van der Waals surface area contributed by atoms with Crippen LogP contribution in [0.5, 0.6) is 5.75 Å². The smallest absolute Gasteiger partial charge is 0.359 e. The van der Waals surface area contributed by atoms with E-state index in [0.29, 0.717) is 17.7 Å². The Bertz CT molecular complexity index is 676. The molecule has 0 aliphatic heterocycles. The Kier molecular flexibility index (Phi) is 4.37. The Morgan fingerprint density at radius 1 is 1.43 bits per heavy atom. The molecule has 0 saturated heterocycles. The van der Waals surface area contributed by atoms with Gasteiger partial charge in [-0.25, -0.2) is 9.48 Å². The Labute approximate surface area is 122 Å². The van der Waals surface area contributed by atoms with Crippen LogP contribution in [0.15, 0.2) is 24.4 Å². The summed E-state index contributed by atoms with van der Waals surface area (Å²) in [5, 5.41) is 4.15. The van der Waals surface area contributed by atoms with Gasteiger partial charge in [0, 0.05) is 6.20 Å². The number of ether oxygens (including phenoxy) is 2. The molecule has 0 amide bonds. The largest absolute Gasteiger partial charge is 0.494 e. The van der Waals surface area contributed by atoms with E-state index in [0.717, 1.165) is 5.56 Å². The second-order valence-corrected chi connectivity index (χ2v) is 4.39. The zero-order chi connectivity index (χ0) is 15.4. The number of hydrogen-bond acceptors (Lipinski definition) is 5. The van der Waals surface area contributed by atoms with Crippen LogP contribution in [0, 0.1) is 6.92 Å². The Balaban J connectivity index is 2.53. The number of nitrogens with zero attached hydrogens (tertiary/aromatic N) is 2. The van der Waals surface area contributed by atoms with Gasteiger partial charge in [-0.2, -0.15) is 5.10 Å².